The summed E-state index contributed by atoms with van der Waals surface area (Å²) in [5.41, 5.74) is -0.120. The Morgan fingerprint density at radius 3 is 2.33 bits per heavy atom. The molecular weight excluding hydrogens is 435 g/mol. The zero-order valence-corrected chi connectivity index (χ0v) is 18.6. The van der Waals surface area contributed by atoms with E-state index < -0.39 is 17.2 Å². The van der Waals surface area contributed by atoms with Gasteiger partial charge in [0.1, 0.15) is 0 Å². The van der Waals surface area contributed by atoms with E-state index >= 15 is 0 Å². The van der Waals surface area contributed by atoms with Gasteiger partial charge in [0.2, 0.25) is 5.91 Å². The molecule has 3 amide bonds. The van der Waals surface area contributed by atoms with Crippen molar-refractivity contribution in [1.29, 1.82) is 0 Å². The molecule has 2 aromatic carbocycles. The maximum absolute atomic E-state index is 13.3. The lowest BCUT2D eigenvalue weighted by atomic mass is 9.73. The van der Waals surface area contributed by atoms with Crippen LogP contribution in [0.4, 0.5) is 23.7 Å². The lowest BCUT2D eigenvalue weighted by molar-refractivity contribution is -0.138. The fourth-order valence-electron chi connectivity index (χ4n) is 3.85. The van der Waals surface area contributed by atoms with Crippen molar-refractivity contribution in [2.24, 2.45) is 0 Å². The van der Waals surface area contributed by atoms with Crippen molar-refractivity contribution in [2.75, 3.05) is 18.5 Å². The average Bonchev–Trinajstić information content (AvgIpc) is 2.78. The Hall–Kier alpha value is -3.07. The molecule has 0 spiro atoms. The normalized spacial score (nSPS) is 15.7. The van der Waals surface area contributed by atoms with E-state index in [9.17, 15) is 22.8 Å². The molecule has 2 aromatic rings. The van der Waals surface area contributed by atoms with E-state index in [0.29, 0.717) is 37.3 Å². The Balaban J connectivity index is 1.71. The van der Waals surface area contributed by atoms with Gasteiger partial charge in [-0.15, -0.1) is 0 Å². The van der Waals surface area contributed by atoms with Crippen LogP contribution in [0.15, 0.2) is 48.5 Å². The number of carbonyl (C=O) groups excluding carboxylic acids is 2. The topological polar surface area (TPSA) is 79.5 Å². The van der Waals surface area contributed by atoms with Gasteiger partial charge >= 0.3 is 12.2 Å². The average molecular weight is 464 g/mol. The monoisotopic (exact) mass is 463 g/mol. The van der Waals surface area contributed by atoms with Crippen LogP contribution in [-0.2, 0) is 27.7 Å². The molecule has 0 unspecified atom stereocenters. The summed E-state index contributed by atoms with van der Waals surface area (Å²) in [7, 11) is 0. The number of urea groups is 1. The third-order valence-electron chi connectivity index (χ3n) is 5.61. The van der Waals surface area contributed by atoms with E-state index in [1.165, 1.54) is 6.07 Å². The van der Waals surface area contributed by atoms with Crippen LogP contribution in [0.25, 0.3) is 0 Å². The molecule has 9 heteroatoms. The molecule has 6 nitrogen and oxygen atoms in total. The summed E-state index contributed by atoms with van der Waals surface area (Å²) < 4.78 is 45.1. The number of rotatable bonds is 6. The molecule has 0 atom stereocenters. The van der Waals surface area contributed by atoms with Gasteiger partial charge in [-0.3, -0.25) is 4.79 Å². The molecule has 1 fully saturated rings. The number of benzene rings is 2. The van der Waals surface area contributed by atoms with Crippen LogP contribution in [0, 0.1) is 0 Å². The first-order valence-corrected chi connectivity index (χ1v) is 10.8. The minimum absolute atomic E-state index is 0.00817. The summed E-state index contributed by atoms with van der Waals surface area (Å²) in [5.74, 6) is -0.330. The summed E-state index contributed by atoms with van der Waals surface area (Å²) in [5, 5.41) is 8.32. The summed E-state index contributed by atoms with van der Waals surface area (Å²) >= 11 is 0. The molecule has 0 bridgehead atoms. The van der Waals surface area contributed by atoms with Gasteiger partial charge < -0.3 is 20.7 Å². The SMILES string of the molecule is CC(C)NC(=O)Nc1ccc(CNC(=O)C2(c3cccc(C(F)(F)F)c3)CCOCC2)cc1. The quantitative estimate of drug-likeness (QED) is 0.586. The first-order valence-electron chi connectivity index (χ1n) is 10.8. The van der Waals surface area contributed by atoms with Crippen LogP contribution in [-0.4, -0.2) is 31.2 Å². The second-order valence-electron chi connectivity index (χ2n) is 8.41. The lowest BCUT2D eigenvalue weighted by Gasteiger charge is -2.36. The highest BCUT2D eigenvalue weighted by Crippen LogP contribution is 2.38. The number of halogens is 3. The van der Waals surface area contributed by atoms with Crippen LogP contribution in [0.1, 0.15) is 43.4 Å². The van der Waals surface area contributed by atoms with Crippen LogP contribution < -0.4 is 16.0 Å². The third kappa shape index (κ3) is 6.25. The molecule has 0 aliphatic carbocycles. The van der Waals surface area contributed by atoms with E-state index in [1.54, 1.807) is 30.3 Å². The smallest absolute Gasteiger partial charge is 0.381 e. The number of ether oxygens (including phenoxy) is 1. The summed E-state index contributed by atoms with van der Waals surface area (Å²) in [4.78, 5) is 25.1. The van der Waals surface area contributed by atoms with E-state index in [1.807, 2.05) is 13.8 Å². The predicted octanol–water partition coefficient (Wildman–Crippen LogP) is 4.60. The van der Waals surface area contributed by atoms with Crippen LogP contribution in [0.3, 0.4) is 0 Å². The van der Waals surface area contributed by atoms with Crippen molar-refractivity contribution in [1.82, 2.24) is 10.6 Å². The number of alkyl halides is 3. The number of hydrogen-bond donors (Lipinski definition) is 3. The van der Waals surface area contributed by atoms with E-state index in [2.05, 4.69) is 16.0 Å². The number of anilines is 1. The zero-order chi connectivity index (χ0) is 24.1. The van der Waals surface area contributed by atoms with Crippen LogP contribution in [0.2, 0.25) is 0 Å². The van der Waals surface area contributed by atoms with E-state index in [-0.39, 0.29) is 24.5 Å². The summed E-state index contributed by atoms with van der Waals surface area (Å²) in [6.45, 7) is 4.51. The second-order valence-corrected chi connectivity index (χ2v) is 8.41. The molecule has 0 aromatic heterocycles. The highest BCUT2D eigenvalue weighted by Gasteiger charge is 2.43. The van der Waals surface area contributed by atoms with Gasteiger partial charge in [-0.05, 0) is 56.0 Å². The standard InChI is InChI=1S/C24H28F3N3O3/c1-16(2)29-22(32)30-20-8-6-17(7-9-20)15-28-21(31)23(10-12-33-13-11-23)18-4-3-5-19(14-18)24(25,26)27/h3-9,14,16H,10-13,15H2,1-2H3,(H,28,31)(H2,29,30,32). The molecule has 1 aliphatic rings. The zero-order valence-electron chi connectivity index (χ0n) is 18.6. The summed E-state index contributed by atoms with van der Waals surface area (Å²) in [6, 6.07) is 11.7. The lowest BCUT2D eigenvalue weighted by Crippen LogP contribution is -2.47. The molecule has 1 aliphatic heterocycles. The van der Waals surface area contributed by atoms with Crippen molar-refractivity contribution in [2.45, 2.75) is 50.9 Å². The van der Waals surface area contributed by atoms with Gasteiger partial charge in [0.15, 0.2) is 0 Å². The molecule has 3 rings (SSSR count). The Kier molecular flexibility index (Phi) is 7.63. The summed E-state index contributed by atoms with van der Waals surface area (Å²) in [6.07, 6.45) is -3.89. The number of amides is 3. The first-order chi connectivity index (χ1) is 15.6. The fraction of sp³-hybridized carbons (Fsp3) is 0.417. The van der Waals surface area contributed by atoms with Crippen molar-refractivity contribution in [3.8, 4) is 0 Å². The maximum Gasteiger partial charge on any atom is 0.416 e. The number of hydrogen-bond acceptors (Lipinski definition) is 3. The molecule has 3 N–H and O–H groups in total. The molecule has 33 heavy (non-hydrogen) atoms. The van der Waals surface area contributed by atoms with Gasteiger partial charge in [-0.2, -0.15) is 13.2 Å². The Bertz CT molecular complexity index is 969. The van der Waals surface area contributed by atoms with Gasteiger partial charge in [0.25, 0.3) is 0 Å². The third-order valence-corrected chi connectivity index (χ3v) is 5.61. The van der Waals surface area contributed by atoms with Crippen molar-refractivity contribution in [3.63, 3.8) is 0 Å². The number of nitrogens with one attached hydrogen (secondary N) is 3. The van der Waals surface area contributed by atoms with Gasteiger partial charge in [0.05, 0.1) is 11.0 Å². The van der Waals surface area contributed by atoms with E-state index in [0.717, 1.165) is 17.7 Å². The Morgan fingerprint density at radius 2 is 1.73 bits per heavy atom. The highest BCUT2D eigenvalue weighted by molar-refractivity contribution is 5.89. The fourth-order valence-corrected chi connectivity index (χ4v) is 3.85. The minimum atomic E-state index is -4.49. The molecule has 178 valence electrons. The van der Waals surface area contributed by atoms with Crippen LogP contribution in [0.5, 0.6) is 0 Å². The van der Waals surface area contributed by atoms with Crippen molar-refractivity contribution >= 4 is 17.6 Å². The maximum atomic E-state index is 13.3. The highest BCUT2D eigenvalue weighted by atomic mass is 19.4. The molecule has 1 saturated heterocycles. The molecular formula is C24H28F3N3O3. The number of carbonyl (C=O) groups is 2. The minimum Gasteiger partial charge on any atom is -0.381 e. The predicted molar refractivity (Wildman–Crippen MR) is 119 cm³/mol. The second kappa shape index (κ2) is 10.2. The van der Waals surface area contributed by atoms with Crippen molar-refractivity contribution in [3.05, 3.63) is 65.2 Å². The molecule has 0 radical (unpaired) electrons. The Labute approximate surface area is 190 Å². The van der Waals surface area contributed by atoms with Crippen LogP contribution >= 0.6 is 0 Å². The Morgan fingerprint density at radius 1 is 1.06 bits per heavy atom. The molecule has 0 saturated carbocycles. The van der Waals surface area contributed by atoms with E-state index in [4.69, 9.17) is 4.74 Å². The first kappa shape index (κ1) is 24.6. The largest absolute Gasteiger partial charge is 0.416 e. The van der Waals surface area contributed by atoms with Crippen molar-refractivity contribution < 1.29 is 27.5 Å². The van der Waals surface area contributed by atoms with Gasteiger partial charge in [-0.25, -0.2) is 4.79 Å². The molecule has 1 heterocycles. The van der Waals surface area contributed by atoms with Gasteiger partial charge in [-0.1, -0.05) is 30.3 Å². The van der Waals surface area contributed by atoms with Gasteiger partial charge in [0, 0.05) is 31.5 Å².